The molecule has 170 valence electrons. The molecule has 0 bridgehead atoms. The summed E-state index contributed by atoms with van der Waals surface area (Å²) in [5, 5.41) is 1.41. The fourth-order valence-corrected chi connectivity index (χ4v) is 5.50. The van der Waals surface area contributed by atoms with Gasteiger partial charge in [0.2, 0.25) is 0 Å². The Morgan fingerprint density at radius 3 is 2.66 bits per heavy atom. The van der Waals surface area contributed by atoms with Crippen LogP contribution in [0.25, 0.3) is 16.9 Å². The number of benzene rings is 1. The van der Waals surface area contributed by atoms with E-state index in [-0.39, 0.29) is 0 Å². The van der Waals surface area contributed by atoms with Gasteiger partial charge in [-0.2, -0.15) is 0 Å². The molecule has 0 atom stereocenters. The molecule has 0 spiro atoms. The number of nitrogens with zero attached hydrogens (tertiary/aromatic N) is 4. The van der Waals surface area contributed by atoms with Crippen molar-refractivity contribution in [2.24, 2.45) is 0 Å². The molecule has 2 aromatic heterocycles. The van der Waals surface area contributed by atoms with Crippen molar-refractivity contribution in [1.82, 2.24) is 13.7 Å². The Balaban J connectivity index is 1.39. The number of rotatable bonds is 8. The molecule has 0 radical (unpaired) electrons. The maximum atomic E-state index is 6.43. The fourth-order valence-electron chi connectivity index (χ4n) is 3.87. The Kier molecular flexibility index (Phi) is 6.64. The van der Waals surface area contributed by atoms with Gasteiger partial charge >= 0.3 is 0 Å². The summed E-state index contributed by atoms with van der Waals surface area (Å²) in [7, 11) is 1.61. The van der Waals surface area contributed by atoms with Crippen molar-refractivity contribution in [2.75, 3.05) is 50.4 Å². The summed E-state index contributed by atoms with van der Waals surface area (Å²) < 4.78 is 15.9. The third kappa shape index (κ3) is 4.78. The molecular formula is C23H27ClN4O2S2. The van der Waals surface area contributed by atoms with Crippen LogP contribution < -0.4 is 14.4 Å². The van der Waals surface area contributed by atoms with E-state index in [1.165, 1.54) is 18.5 Å². The molecule has 1 aliphatic heterocycles. The zero-order valence-corrected chi connectivity index (χ0v) is 20.7. The highest BCUT2D eigenvalue weighted by atomic mass is 35.5. The number of hydrogen-bond donors (Lipinski definition) is 0. The van der Waals surface area contributed by atoms with Gasteiger partial charge in [0.05, 0.1) is 17.8 Å². The number of aromatic nitrogens is 2. The molecule has 2 fully saturated rings. The predicted molar refractivity (Wildman–Crippen MR) is 136 cm³/mol. The van der Waals surface area contributed by atoms with Gasteiger partial charge in [-0.1, -0.05) is 23.5 Å². The number of anilines is 1. The number of methoxy groups -OCH3 is 1. The number of ether oxygens (including phenoxy) is 2. The van der Waals surface area contributed by atoms with E-state index in [9.17, 15) is 0 Å². The van der Waals surface area contributed by atoms with Gasteiger partial charge in [-0.05, 0) is 31.2 Å². The minimum atomic E-state index is 0.540. The molecule has 0 unspecified atom stereocenters. The normalized spacial score (nSPS) is 17.2. The van der Waals surface area contributed by atoms with Crippen LogP contribution in [0, 0.1) is 0 Å². The van der Waals surface area contributed by atoms with Crippen LogP contribution in [0.4, 0.5) is 5.69 Å². The van der Waals surface area contributed by atoms with Crippen molar-refractivity contribution < 1.29 is 9.47 Å². The first-order valence-electron chi connectivity index (χ1n) is 10.8. The third-order valence-corrected chi connectivity index (χ3v) is 7.81. The highest BCUT2D eigenvalue weighted by Gasteiger charge is 2.27. The Morgan fingerprint density at radius 1 is 1.12 bits per heavy atom. The van der Waals surface area contributed by atoms with E-state index in [4.69, 9.17) is 26.1 Å². The number of hydrogen-bond acceptors (Lipinski definition) is 7. The smallest absolute Gasteiger partial charge is 0.141 e. The van der Waals surface area contributed by atoms with E-state index in [2.05, 4.69) is 43.9 Å². The first kappa shape index (κ1) is 22.1. The van der Waals surface area contributed by atoms with E-state index in [0.717, 1.165) is 48.3 Å². The molecule has 1 aromatic carbocycles. The van der Waals surface area contributed by atoms with Gasteiger partial charge in [0.15, 0.2) is 0 Å². The fraction of sp³-hybridized carbons (Fsp3) is 0.435. The maximum absolute atomic E-state index is 6.43. The topological polar surface area (TPSA) is 42.2 Å². The second-order valence-electron chi connectivity index (χ2n) is 8.03. The summed E-state index contributed by atoms with van der Waals surface area (Å²) in [6.07, 6.45) is 8.87. The standard InChI is InChI=1S/C23H27ClN4O2S2/c1-29-22-13-21(30-15-31-2)18(12-19(22)24)20-14-27-6-5-16(11-23(27)25-20)26-7-9-28(10-8-26)32-17-3-4-17/h5-6,11-14,17H,3-4,7-10,15H2,1-2H3. The lowest BCUT2D eigenvalue weighted by Gasteiger charge is -2.35. The SMILES string of the molecule is COc1cc(OCSC)c(-c2cn3ccc(N4CCN(SC5CC5)CC4)cc3n2)cc1Cl. The van der Waals surface area contributed by atoms with Crippen LogP contribution in [-0.4, -0.2) is 64.4 Å². The van der Waals surface area contributed by atoms with E-state index in [1.807, 2.05) is 24.6 Å². The van der Waals surface area contributed by atoms with E-state index >= 15 is 0 Å². The molecule has 9 heteroatoms. The van der Waals surface area contributed by atoms with Gasteiger partial charge in [0, 0.05) is 67.2 Å². The molecule has 0 amide bonds. The molecule has 0 N–H and O–H groups in total. The first-order valence-corrected chi connectivity index (χ1v) is 13.4. The molecule has 5 rings (SSSR count). The molecule has 3 heterocycles. The van der Waals surface area contributed by atoms with Gasteiger partial charge in [0.25, 0.3) is 0 Å². The zero-order chi connectivity index (χ0) is 22.1. The lowest BCUT2D eigenvalue weighted by molar-refractivity contribution is 0.383. The number of halogens is 1. The Morgan fingerprint density at radius 2 is 1.94 bits per heavy atom. The molecule has 32 heavy (non-hydrogen) atoms. The highest BCUT2D eigenvalue weighted by molar-refractivity contribution is 7.98. The van der Waals surface area contributed by atoms with Crippen molar-refractivity contribution >= 4 is 46.6 Å². The monoisotopic (exact) mass is 490 g/mol. The average molecular weight is 491 g/mol. The van der Waals surface area contributed by atoms with E-state index < -0.39 is 0 Å². The van der Waals surface area contributed by atoms with Gasteiger partial charge in [-0.3, -0.25) is 0 Å². The largest absolute Gasteiger partial charge is 0.495 e. The van der Waals surface area contributed by atoms with Crippen LogP contribution in [0.1, 0.15) is 12.8 Å². The number of imidazole rings is 1. The summed E-state index contributed by atoms with van der Waals surface area (Å²) >= 11 is 10.1. The van der Waals surface area contributed by atoms with Crippen LogP contribution in [0.15, 0.2) is 36.7 Å². The summed E-state index contributed by atoms with van der Waals surface area (Å²) in [6, 6.07) is 8.05. The van der Waals surface area contributed by atoms with Crippen molar-refractivity contribution in [1.29, 1.82) is 0 Å². The third-order valence-electron chi connectivity index (χ3n) is 5.73. The molecule has 6 nitrogen and oxygen atoms in total. The van der Waals surface area contributed by atoms with Crippen molar-refractivity contribution in [2.45, 2.75) is 18.1 Å². The van der Waals surface area contributed by atoms with Gasteiger partial charge in [-0.15, -0.1) is 11.8 Å². The van der Waals surface area contributed by atoms with Gasteiger partial charge in [-0.25, -0.2) is 9.29 Å². The van der Waals surface area contributed by atoms with Crippen LogP contribution in [0.2, 0.25) is 5.02 Å². The molecule has 3 aromatic rings. The first-order chi connectivity index (χ1) is 15.6. The van der Waals surface area contributed by atoms with Crippen LogP contribution in [-0.2, 0) is 0 Å². The lowest BCUT2D eigenvalue weighted by atomic mass is 10.1. The average Bonchev–Trinajstić information content (AvgIpc) is 3.53. The van der Waals surface area contributed by atoms with Crippen LogP contribution in [0.5, 0.6) is 11.5 Å². The minimum Gasteiger partial charge on any atom is -0.495 e. The van der Waals surface area contributed by atoms with Crippen molar-refractivity contribution in [3.05, 3.63) is 41.7 Å². The van der Waals surface area contributed by atoms with Gasteiger partial charge in [0.1, 0.15) is 23.1 Å². The summed E-state index contributed by atoms with van der Waals surface area (Å²) in [5.74, 6) is 1.85. The van der Waals surface area contributed by atoms with Crippen molar-refractivity contribution in [3.63, 3.8) is 0 Å². The Hall–Kier alpha value is -1.74. The molecule has 1 saturated heterocycles. The molecule has 1 aliphatic carbocycles. The molecular weight excluding hydrogens is 464 g/mol. The molecule has 2 aliphatic rings. The van der Waals surface area contributed by atoms with E-state index in [0.29, 0.717) is 22.5 Å². The maximum Gasteiger partial charge on any atom is 0.141 e. The van der Waals surface area contributed by atoms with Crippen molar-refractivity contribution in [3.8, 4) is 22.8 Å². The Bertz CT molecular complexity index is 1100. The summed E-state index contributed by atoms with van der Waals surface area (Å²) in [5.41, 5.74) is 3.82. The Labute approximate surface area is 202 Å². The quantitative estimate of drug-likeness (QED) is 0.313. The number of piperazine rings is 1. The van der Waals surface area contributed by atoms with Gasteiger partial charge < -0.3 is 18.8 Å². The lowest BCUT2D eigenvalue weighted by Crippen LogP contribution is -2.43. The highest BCUT2D eigenvalue weighted by Crippen LogP contribution is 2.39. The second kappa shape index (κ2) is 9.63. The van der Waals surface area contributed by atoms with E-state index in [1.54, 1.807) is 18.9 Å². The van der Waals surface area contributed by atoms with Crippen LogP contribution in [0.3, 0.4) is 0 Å². The number of fused-ring (bicyclic) bond motifs is 1. The zero-order valence-electron chi connectivity index (χ0n) is 18.3. The second-order valence-corrected chi connectivity index (χ2v) is 10.6. The molecule has 1 saturated carbocycles. The summed E-state index contributed by atoms with van der Waals surface area (Å²) in [4.78, 5) is 7.36. The van der Waals surface area contributed by atoms with Crippen LogP contribution >= 0.6 is 35.3 Å². The summed E-state index contributed by atoms with van der Waals surface area (Å²) in [6.45, 7) is 4.30. The minimum absolute atomic E-state index is 0.540. The number of thioether (sulfide) groups is 1. The number of pyridine rings is 1. The predicted octanol–water partition coefficient (Wildman–Crippen LogP) is 5.30.